The van der Waals surface area contributed by atoms with E-state index in [0.717, 1.165) is 103 Å². The highest BCUT2D eigenvalue weighted by Gasteiger charge is 2.50. The predicted molar refractivity (Wildman–Crippen MR) is 284 cm³/mol. The first-order valence-corrected chi connectivity index (χ1v) is 27.6. The summed E-state index contributed by atoms with van der Waals surface area (Å²) < 4.78 is 28.2. The maximum absolute atomic E-state index is 13.0. The molecule has 1 heterocycles. The molecule has 0 radical (unpaired) electrons. The fraction of sp³-hybridized carbons (Fsp3) is 0.695. The van der Waals surface area contributed by atoms with Crippen LogP contribution in [0.5, 0.6) is 0 Å². The number of carbonyl (C=O) groups excluding carboxylic acids is 3. The average Bonchev–Trinajstić information content (AvgIpc) is 3.35. The number of hydrogen-bond donors (Lipinski definition) is 3. The molecule has 0 aliphatic carbocycles. The topological polar surface area (TPSA) is 175 Å². The molecule has 3 N–H and O–H groups in total. The van der Waals surface area contributed by atoms with Crippen LogP contribution < -0.4 is 0 Å². The largest absolute Gasteiger partial charge is 0.479 e. The Morgan fingerprint density at radius 3 is 1.44 bits per heavy atom. The molecule has 12 heteroatoms. The molecule has 1 saturated heterocycles. The summed E-state index contributed by atoms with van der Waals surface area (Å²) in [4.78, 5) is 50.8. The van der Waals surface area contributed by atoms with E-state index in [1.165, 1.54) is 51.4 Å². The highest BCUT2D eigenvalue weighted by molar-refractivity contribution is 5.74. The Morgan fingerprint density at radius 2 is 0.915 bits per heavy atom. The Kier molecular flexibility index (Phi) is 42.9. The van der Waals surface area contributed by atoms with Crippen molar-refractivity contribution in [1.82, 2.24) is 0 Å². The zero-order chi connectivity index (χ0) is 51.8. The second-order valence-corrected chi connectivity index (χ2v) is 18.5. The number of unbranched alkanes of at least 4 members (excludes halogenated alkanes) is 17. The van der Waals surface area contributed by atoms with Crippen LogP contribution in [0.1, 0.15) is 213 Å². The molecule has 6 unspecified atom stereocenters. The highest BCUT2D eigenvalue weighted by Crippen LogP contribution is 2.26. The number of esters is 3. The molecule has 1 aliphatic rings. The number of aliphatic hydroxyl groups excluding tert-OH is 2. The van der Waals surface area contributed by atoms with Gasteiger partial charge in [-0.3, -0.25) is 14.4 Å². The Hall–Kier alpha value is -4.10. The summed E-state index contributed by atoms with van der Waals surface area (Å²) in [7, 11) is 0. The van der Waals surface area contributed by atoms with Gasteiger partial charge in [-0.2, -0.15) is 0 Å². The molecule has 0 aromatic rings. The number of allylic oxidation sites excluding steroid dienone is 14. The lowest BCUT2D eigenvalue weighted by atomic mass is 9.98. The van der Waals surface area contributed by atoms with Crippen LogP contribution in [0, 0.1) is 0 Å². The van der Waals surface area contributed by atoms with Gasteiger partial charge in [0.25, 0.3) is 0 Å². The first kappa shape index (κ1) is 64.9. The van der Waals surface area contributed by atoms with Crippen molar-refractivity contribution in [2.45, 2.75) is 250 Å². The Bertz CT molecular complexity index is 1560. The van der Waals surface area contributed by atoms with Crippen molar-refractivity contribution in [3.63, 3.8) is 0 Å². The predicted octanol–water partition coefficient (Wildman–Crippen LogP) is 13.6. The first-order valence-electron chi connectivity index (χ1n) is 27.6. The summed E-state index contributed by atoms with van der Waals surface area (Å²) in [6.45, 7) is 5.73. The van der Waals surface area contributed by atoms with Crippen LogP contribution in [0.25, 0.3) is 0 Å². The second-order valence-electron chi connectivity index (χ2n) is 18.5. The fourth-order valence-electron chi connectivity index (χ4n) is 7.74. The van der Waals surface area contributed by atoms with Crippen LogP contribution in [0.15, 0.2) is 85.1 Å². The molecule has 0 saturated carbocycles. The molecule has 0 aromatic heterocycles. The normalized spacial score (nSPS) is 19.1. The third kappa shape index (κ3) is 37.3. The van der Waals surface area contributed by atoms with Gasteiger partial charge in [0.15, 0.2) is 24.6 Å². The van der Waals surface area contributed by atoms with Crippen LogP contribution >= 0.6 is 0 Å². The molecule has 0 aromatic carbocycles. The summed E-state index contributed by atoms with van der Waals surface area (Å²) in [5.41, 5.74) is 0. The molecule has 1 rings (SSSR count). The summed E-state index contributed by atoms with van der Waals surface area (Å²) in [5, 5.41) is 31.4. The van der Waals surface area contributed by atoms with Gasteiger partial charge in [-0.05, 0) is 83.5 Å². The van der Waals surface area contributed by atoms with Crippen LogP contribution in [0.2, 0.25) is 0 Å². The molecule has 1 fully saturated rings. The van der Waals surface area contributed by atoms with Crippen molar-refractivity contribution in [2.75, 3.05) is 13.2 Å². The van der Waals surface area contributed by atoms with E-state index in [0.29, 0.717) is 19.3 Å². The van der Waals surface area contributed by atoms with Crippen molar-refractivity contribution < 1.29 is 58.2 Å². The minimum Gasteiger partial charge on any atom is -0.479 e. The minimum atomic E-state index is -1.92. The number of carbonyl (C=O) groups is 4. The zero-order valence-electron chi connectivity index (χ0n) is 44.2. The quantitative estimate of drug-likeness (QED) is 0.0228. The van der Waals surface area contributed by atoms with E-state index in [-0.39, 0.29) is 25.9 Å². The second kappa shape index (κ2) is 46.9. The lowest BCUT2D eigenvalue weighted by Crippen LogP contribution is -2.61. The van der Waals surface area contributed by atoms with Crippen molar-refractivity contribution in [3.05, 3.63) is 85.1 Å². The molecule has 0 bridgehead atoms. The van der Waals surface area contributed by atoms with Gasteiger partial charge in [0.2, 0.25) is 0 Å². The van der Waals surface area contributed by atoms with Gasteiger partial charge in [-0.1, -0.05) is 196 Å². The minimum absolute atomic E-state index is 0.0370. The number of carboxylic acids is 1. The van der Waals surface area contributed by atoms with Gasteiger partial charge < -0.3 is 39.0 Å². The number of rotatable bonds is 45. The Morgan fingerprint density at radius 1 is 0.479 bits per heavy atom. The van der Waals surface area contributed by atoms with Crippen molar-refractivity contribution in [2.24, 2.45) is 0 Å². The molecular weight excluding hydrogens is 901 g/mol. The maximum atomic E-state index is 13.0. The lowest BCUT2D eigenvalue weighted by Gasteiger charge is -2.40. The molecule has 71 heavy (non-hydrogen) atoms. The fourth-order valence-corrected chi connectivity index (χ4v) is 7.74. The van der Waals surface area contributed by atoms with E-state index in [1.54, 1.807) is 0 Å². The van der Waals surface area contributed by atoms with Gasteiger partial charge in [-0.25, -0.2) is 4.79 Å². The lowest BCUT2D eigenvalue weighted by molar-refractivity contribution is -0.301. The van der Waals surface area contributed by atoms with Gasteiger partial charge in [0.1, 0.15) is 18.8 Å². The van der Waals surface area contributed by atoms with E-state index in [2.05, 4.69) is 93.7 Å². The third-order valence-electron chi connectivity index (χ3n) is 12.0. The summed E-state index contributed by atoms with van der Waals surface area (Å²) in [6.07, 6.45) is 47.3. The molecular formula is C59H96O12. The van der Waals surface area contributed by atoms with Gasteiger partial charge in [0.05, 0.1) is 6.61 Å². The molecule has 12 nitrogen and oxygen atoms in total. The Labute approximate surface area is 429 Å². The first-order chi connectivity index (χ1) is 34.6. The number of ether oxygens (including phenoxy) is 5. The van der Waals surface area contributed by atoms with E-state index >= 15 is 0 Å². The Balaban J connectivity index is 2.71. The summed E-state index contributed by atoms with van der Waals surface area (Å²) in [6, 6.07) is 0. The SMILES string of the molecule is CC/C=C\C/C=C\C/C=C\C/C=C\CCC(=O)OCC(COC1OC(C(=O)O)C(O)C(O)C1OC(=O)CCCCCCCC/C=C\C/C=C\C/C=C\CCCCC)OC(=O)CCCCCCCCCCC. The average molecular weight is 997 g/mol. The standard InChI is InChI=1S/C59H96O12/c1-4-7-10-13-16-19-21-23-24-25-26-27-28-30-32-35-38-41-44-47-53(62)70-57-55(64)54(63)56(58(65)66)71-59(57)68-49-50(69-52(61)46-43-40-37-33-18-15-12-9-6-3)48-67-51(60)45-42-39-36-34-31-29-22-20-17-14-11-8-5-2/h8,11,16-17,19-20,23-24,26-27,29,31,36,39,50,54-57,59,63-64H,4-7,9-10,12-15,18,21-22,25,28,30,32-35,37-38,40-49H2,1-3H3,(H,65,66)/b11-8-,19-16-,20-17-,24-23-,27-26-,31-29-,39-36-. The van der Waals surface area contributed by atoms with E-state index < -0.39 is 67.3 Å². The van der Waals surface area contributed by atoms with E-state index in [1.807, 2.05) is 12.2 Å². The van der Waals surface area contributed by atoms with Crippen molar-refractivity contribution >= 4 is 23.9 Å². The number of hydrogen-bond acceptors (Lipinski definition) is 11. The summed E-state index contributed by atoms with van der Waals surface area (Å²) >= 11 is 0. The van der Waals surface area contributed by atoms with Crippen molar-refractivity contribution in [3.8, 4) is 0 Å². The smallest absolute Gasteiger partial charge is 0.335 e. The molecule has 404 valence electrons. The molecule has 6 atom stereocenters. The van der Waals surface area contributed by atoms with Crippen LogP contribution in [-0.4, -0.2) is 89.2 Å². The van der Waals surface area contributed by atoms with Crippen LogP contribution in [0.4, 0.5) is 0 Å². The van der Waals surface area contributed by atoms with Crippen LogP contribution in [0.3, 0.4) is 0 Å². The van der Waals surface area contributed by atoms with E-state index in [9.17, 15) is 34.5 Å². The molecule has 0 amide bonds. The zero-order valence-corrected chi connectivity index (χ0v) is 44.2. The van der Waals surface area contributed by atoms with Crippen molar-refractivity contribution in [1.29, 1.82) is 0 Å². The molecule has 1 aliphatic heterocycles. The maximum Gasteiger partial charge on any atom is 0.335 e. The van der Waals surface area contributed by atoms with Gasteiger partial charge in [0, 0.05) is 19.3 Å². The third-order valence-corrected chi connectivity index (χ3v) is 12.0. The molecule has 0 spiro atoms. The van der Waals surface area contributed by atoms with E-state index in [4.69, 9.17) is 23.7 Å². The number of aliphatic carboxylic acids is 1. The highest BCUT2D eigenvalue weighted by atomic mass is 16.7. The number of carboxylic acid groups (broad SMARTS) is 1. The number of aliphatic hydroxyl groups is 2. The van der Waals surface area contributed by atoms with Gasteiger partial charge in [-0.15, -0.1) is 0 Å². The van der Waals surface area contributed by atoms with Gasteiger partial charge >= 0.3 is 23.9 Å². The summed E-state index contributed by atoms with van der Waals surface area (Å²) in [5.74, 6) is -3.25. The van der Waals surface area contributed by atoms with Crippen LogP contribution in [-0.2, 0) is 42.9 Å². The monoisotopic (exact) mass is 997 g/mol.